The smallest absolute Gasteiger partial charge is 0.125 e. The van der Waals surface area contributed by atoms with Gasteiger partial charge < -0.3 is 14.6 Å². The molecule has 0 atom stereocenters. The van der Waals surface area contributed by atoms with Crippen LogP contribution in [0.2, 0.25) is 0 Å². The molecule has 0 radical (unpaired) electrons. The van der Waals surface area contributed by atoms with Gasteiger partial charge >= 0.3 is 0 Å². The zero-order valence-electron chi connectivity index (χ0n) is 13.6. The summed E-state index contributed by atoms with van der Waals surface area (Å²) in [7, 11) is 3.27. The van der Waals surface area contributed by atoms with E-state index >= 15 is 0 Å². The maximum Gasteiger partial charge on any atom is 0.125 e. The Labute approximate surface area is 122 Å². The Kier molecular flexibility index (Phi) is 5.88. The lowest BCUT2D eigenvalue weighted by Gasteiger charge is -2.33. The number of ether oxygens (including phenoxy) is 2. The summed E-state index contributed by atoms with van der Waals surface area (Å²) in [5.74, 6) is 2.26. The van der Waals surface area contributed by atoms with Crippen molar-refractivity contribution in [2.75, 3.05) is 14.2 Å². The third-order valence-corrected chi connectivity index (χ3v) is 3.40. The topological polar surface area (TPSA) is 38.7 Å². The predicted molar refractivity (Wildman–Crippen MR) is 82.4 cm³/mol. The molecule has 0 aliphatic rings. The molecule has 1 rings (SSSR count). The van der Waals surface area contributed by atoms with E-state index in [1.807, 2.05) is 18.2 Å². The molecular weight excluding hydrogens is 252 g/mol. The van der Waals surface area contributed by atoms with Crippen LogP contribution in [0.4, 0.5) is 0 Å². The maximum atomic E-state index is 11.2. The molecule has 1 aromatic carbocycles. The molecule has 0 aromatic heterocycles. The number of methoxy groups -OCH3 is 2. The van der Waals surface area contributed by atoms with E-state index in [1.165, 1.54) is 0 Å². The molecular formula is C17H28O3. The Balaban J connectivity index is 3.30. The summed E-state index contributed by atoms with van der Waals surface area (Å²) in [5, 5.41) is 11.2. The van der Waals surface area contributed by atoms with Crippen molar-refractivity contribution in [3.63, 3.8) is 0 Å². The van der Waals surface area contributed by atoms with E-state index in [9.17, 15) is 5.11 Å². The van der Waals surface area contributed by atoms with Crippen molar-refractivity contribution >= 4 is 0 Å². The van der Waals surface area contributed by atoms with Gasteiger partial charge in [0, 0.05) is 5.56 Å². The molecule has 20 heavy (non-hydrogen) atoms. The summed E-state index contributed by atoms with van der Waals surface area (Å²) < 4.78 is 10.7. The molecule has 0 heterocycles. The second-order valence-corrected chi connectivity index (χ2v) is 6.29. The number of hydrogen-bond acceptors (Lipinski definition) is 3. The number of aliphatic hydroxyl groups is 1. The van der Waals surface area contributed by atoms with Crippen LogP contribution in [0.15, 0.2) is 18.2 Å². The van der Waals surface area contributed by atoms with Crippen LogP contribution in [0.25, 0.3) is 0 Å². The van der Waals surface area contributed by atoms with Gasteiger partial charge in [0.1, 0.15) is 11.5 Å². The van der Waals surface area contributed by atoms with Crippen molar-refractivity contribution in [1.29, 1.82) is 0 Å². The van der Waals surface area contributed by atoms with Crippen LogP contribution in [-0.4, -0.2) is 19.3 Å². The van der Waals surface area contributed by atoms with Crippen LogP contribution in [0, 0.1) is 11.8 Å². The van der Waals surface area contributed by atoms with E-state index < -0.39 is 5.60 Å². The summed E-state index contributed by atoms with van der Waals surface area (Å²) in [6.07, 6.45) is 1.41. The number of benzene rings is 1. The highest BCUT2D eigenvalue weighted by Crippen LogP contribution is 2.41. The van der Waals surface area contributed by atoms with Gasteiger partial charge in [0.2, 0.25) is 0 Å². The Morgan fingerprint density at radius 2 is 1.55 bits per heavy atom. The fourth-order valence-electron chi connectivity index (χ4n) is 2.83. The maximum absolute atomic E-state index is 11.2. The van der Waals surface area contributed by atoms with E-state index in [2.05, 4.69) is 27.7 Å². The van der Waals surface area contributed by atoms with Crippen molar-refractivity contribution in [1.82, 2.24) is 0 Å². The standard InChI is InChI=1S/C17H28O3/c1-12(2)10-17(18,11-13(3)4)15-9-14(19-5)7-8-16(15)20-6/h7-9,12-13,18H,10-11H2,1-6H3. The van der Waals surface area contributed by atoms with E-state index in [1.54, 1.807) is 14.2 Å². The Morgan fingerprint density at radius 1 is 1.00 bits per heavy atom. The quantitative estimate of drug-likeness (QED) is 0.821. The Bertz CT molecular complexity index is 414. The van der Waals surface area contributed by atoms with E-state index in [0.717, 1.165) is 17.1 Å². The molecule has 0 spiro atoms. The minimum Gasteiger partial charge on any atom is -0.497 e. The van der Waals surface area contributed by atoms with E-state index in [-0.39, 0.29) is 0 Å². The third-order valence-electron chi connectivity index (χ3n) is 3.40. The molecule has 3 nitrogen and oxygen atoms in total. The first kappa shape index (κ1) is 16.8. The average Bonchev–Trinajstić information content (AvgIpc) is 2.35. The molecule has 3 heteroatoms. The van der Waals surface area contributed by atoms with Gasteiger partial charge in [-0.1, -0.05) is 27.7 Å². The zero-order chi connectivity index (χ0) is 15.3. The SMILES string of the molecule is COc1ccc(OC)c(C(O)(CC(C)C)CC(C)C)c1. The fourth-order valence-corrected chi connectivity index (χ4v) is 2.83. The van der Waals surface area contributed by atoms with Gasteiger partial charge in [-0.2, -0.15) is 0 Å². The summed E-state index contributed by atoms with van der Waals surface area (Å²) in [4.78, 5) is 0. The first-order valence-corrected chi connectivity index (χ1v) is 7.27. The molecule has 0 unspecified atom stereocenters. The van der Waals surface area contributed by atoms with Gasteiger partial charge in [-0.05, 0) is 42.9 Å². The summed E-state index contributed by atoms with van der Waals surface area (Å²) in [6.45, 7) is 8.49. The minimum absolute atomic E-state index is 0.398. The third kappa shape index (κ3) is 4.14. The minimum atomic E-state index is -0.887. The Hall–Kier alpha value is -1.22. The second kappa shape index (κ2) is 6.98. The predicted octanol–water partition coefficient (Wildman–Crippen LogP) is 3.98. The highest BCUT2D eigenvalue weighted by molar-refractivity contribution is 5.44. The first-order valence-electron chi connectivity index (χ1n) is 7.27. The molecule has 0 saturated heterocycles. The molecule has 0 bridgehead atoms. The average molecular weight is 280 g/mol. The van der Waals surface area contributed by atoms with Crippen LogP contribution in [0.1, 0.15) is 46.1 Å². The monoisotopic (exact) mass is 280 g/mol. The van der Waals surface area contributed by atoms with Crippen molar-refractivity contribution in [3.05, 3.63) is 23.8 Å². The number of rotatable bonds is 7. The van der Waals surface area contributed by atoms with Crippen LogP contribution >= 0.6 is 0 Å². The van der Waals surface area contributed by atoms with Gasteiger partial charge in [0.15, 0.2) is 0 Å². The first-order chi connectivity index (χ1) is 9.32. The van der Waals surface area contributed by atoms with Crippen LogP contribution in [-0.2, 0) is 5.60 Å². The van der Waals surface area contributed by atoms with Crippen LogP contribution in [0.3, 0.4) is 0 Å². The molecule has 0 saturated carbocycles. The van der Waals surface area contributed by atoms with E-state index in [4.69, 9.17) is 9.47 Å². The lowest BCUT2D eigenvalue weighted by molar-refractivity contribution is -0.00655. The second-order valence-electron chi connectivity index (χ2n) is 6.29. The molecule has 1 N–H and O–H groups in total. The van der Waals surface area contributed by atoms with E-state index in [0.29, 0.717) is 24.7 Å². The van der Waals surface area contributed by atoms with Gasteiger partial charge in [-0.15, -0.1) is 0 Å². The summed E-state index contributed by atoms with van der Waals surface area (Å²) in [5.41, 5.74) is -0.0656. The highest BCUT2D eigenvalue weighted by Gasteiger charge is 2.34. The molecule has 0 fully saturated rings. The van der Waals surface area contributed by atoms with Gasteiger partial charge in [0.25, 0.3) is 0 Å². The molecule has 1 aromatic rings. The molecule has 0 aliphatic heterocycles. The van der Waals surface area contributed by atoms with Gasteiger partial charge in [-0.3, -0.25) is 0 Å². The van der Waals surface area contributed by atoms with Crippen LogP contribution in [0.5, 0.6) is 11.5 Å². The normalized spacial score (nSPS) is 12.1. The highest BCUT2D eigenvalue weighted by atomic mass is 16.5. The molecule has 114 valence electrons. The van der Waals surface area contributed by atoms with Gasteiger partial charge in [0.05, 0.1) is 19.8 Å². The lowest BCUT2D eigenvalue weighted by Crippen LogP contribution is -2.30. The number of hydrogen-bond donors (Lipinski definition) is 1. The molecule has 0 aliphatic carbocycles. The fraction of sp³-hybridized carbons (Fsp3) is 0.647. The molecule has 0 amide bonds. The summed E-state index contributed by atoms with van der Waals surface area (Å²) >= 11 is 0. The van der Waals surface area contributed by atoms with Crippen molar-refractivity contribution < 1.29 is 14.6 Å². The Morgan fingerprint density at radius 3 is 1.95 bits per heavy atom. The van der Waals surface area contributed by atoms with Gasteiger partial charge in [-0.25, -0.2) is 0 Å². The van der Waals surface area contributed by atoms with Crippen molar-refractivity contribution in [3.8, 4) is 11.5 Å². The zero-order valence-corrected chi connectivity index (χ0v) is 13.6. The van der Waals surface area contributed by atoms with Crippen molar-refractivity contribution in [2.24, 2.45) is 11.8 Å². The largest absolute Gasteiger partial charge is 0.497 e. The van der Waals surface area contributed by atoms with Crippen LogP contribution < -0.4 is 9.47 Å². The lowest BCUT2D eigenvalue weighted by atomic mass is 9.79. The van der Waals surface area contributed by atoms with Crippen molar-refractivity contribution in [2.45, 2.75) is 46.1 Å². The summed E-state index contributed by atoms with van der Waals surface area (Å²) in [6, 6.07) is 5.61.